The van der Waals surface area contributed by atoms with Crippen molar-refractivity contribution < 1.29 is 0 Å². The van der Waals surface area contributed by atoms with E-state index in [1.54, 1.807) is 0 Å². The van der Waals surface area contributed by atoms with Crippen molar-refractivity contribution in [2.24, 2.45) is 5.41 Å². The molecule has 1 heterocycles. The largest absolute Gasteiger partial charge is 0.303 e. The fourth-order valence-corrected chi connectivity index (χ4v) is 3.23. The molecular weight excluding hydrogens is 190 g/mol. The van der Waals surface area contributed by atoms with Gasteiger partial charge in [-0.25, -0.2) is 0 Å². The second-order valence-corrected chi connectivity index (χ2v) is 5.52. The van der Waals surface area contributed by atoms with Crippen LogP contribution in [0.25, 0.3) is 0 Å². The first-order valence-electron chi connectivity index (χ1n) is 6.18. The highest BCUT2D eigenvalue weighted by atomic mass is 32.1. The number of nitrogens with zero attached hydrogens (tertiary/aromatic N) is 1. The van der Waals surface area contributed by atoms with E-state index in [1.807, 2.05) is 0 Å². The molecule has 0 aromatic heterocycles. The van der Waals surface area contributed by atoms with Crippen molar-refractivity contribution in [1.29, 1.82) is 0 Å². The summed E-state index contributed by atoms with van der Waals surface area (Å²) in [6.07, 6.45) is 10.0. The van der Waals surface area contributed by atoms with Gasteiger partial charge >= 0.3 is 0 Å². The highest BCUT2D eigenvalue weighted by Gasteiger charge is 2.36. The Morgan fingerprint density at radius 2 is 1.57 bits per heavy atom. The van der Waals surface area contributed by atoms with Gasteiger partial charge in [0, 0.05) is 6.54 Å². The molecule has 2 fully saturated rings. The summed E-state index contributed by atoms with van der Waals surface area (Å²) in [5, 5.41) is 0. The summed E-state index contributed by atoms with van der Waals surface area (Å²) < 4.78 is 0. The number of hydrogen-bond acceptors (Lipinski definition) is 2. The highest BCUT2D eigenvalue weighted by molar-refractivity contribution is 7.80. The van der Waals surface area contributed by atoms with Gasteiger partial charge in [0.25, 0.3) is 0 Å². The molecule has 0 spiro atoms. The van der Waals surface area contributed by atoms with E-state index in [2.05, 4.69) is 17.5 Å². The predicted octanol–water partition coefficient (Wildman–Crippen LogP) is 2.96. The molecular formula is C12H23NS. The lowest BCUT2D eigenvalue weighted by molar-refractivity contribution is 0.0924. The average molecular weight is 213 g/mol. The molecule has 2 aliphatic rings. The maximum Gasteiger partial charge on any atom is 0.00458 e. The van der Waals surface area contributed by atoms with Crippen LogP contribution in [-0.2, 0) is 0 Å². The zero-order valence-corrected chi connectivity index (χ0v) is 10.1. The zero-order chi connectivity index (χ0) is 9.86. The molecule has 2 heteroatoms. The van der Waals surface area contributed by atoms with Crippen molar-refractivity contribution >= 4 is 12.6 Å². The molecule has 0 unspecified atom stereocenters. The van der Waals surface area contributed by atoms with Gasteiger partial charge in [-0.1, -0.05) is 19.3 Å². The highest BCUT2D eigenvalue weighted by Crippen LogP contribution is 2.42. The van der Waals surface area contributed by atoms with Crippen LogP contribution in [0.15, 0.2) is 0 Å². The minimum atomic E-state index is 0.605. The van der Waals surface area contributed by atoms with E-state index in [1.165, 1.54) is 64.6 Å². The number of rotatable bonds is 3. The first-order chi connectivity index (χ1) is 6.85. The fourth-order valence-electron chi connectivity index (χ4n) is 2.81. The Morgan fingerprint density at radius 3 is 2.00 bits per heavy atom. The molecule has 1 nitrogen and oxygen atoms in total. The molecule has 1 saturated carbocycles. The monoisotopic (exact) mass is 213 g/mol. The number of thiol groups is 1. The Labute approximate surface area is 93.7 Å². The van der Waals surface area contributed by atoms with Gasteiger partial charge in [-0.2, -0.15) is 12.6 Å². The lowest BCUT2D eigenvalue weighted by Gasteiger charge is -2.44. The van der Waals surface area contributed by atoms with Gasteiger partial charge < -0.3 is 4.90 Å². The Morgan fingerprint density at radius 1 is 0.929 bits per heavy atom. The molecule has 1 aliphatic heterocycles. The summed E-state index contributed by atoms with van der Waals surface area (Å²) in [6, 6.07) is 0. The first-order valence-corrected chi connectivity index (χ1v) is 6.81. The fraction of sp³-hybridized carbons (Fsp3) is 1.00. The summed E-state index contributed by atoms with van der Waals surface area (Å²) in [5.74, 6) is 1.10. The predicted molar refractivity (Wildman–Crippen MR) is 65.0 cm³/mol. The van der Waals surface area contributed by atoms with E-state index in [9.17, 15) is 0 Å². The molecule has 2 rings (SSSR count). The van der Waals surface area contributed by atoms with Gasteiger partial charge in [0.1, 0.15) is 0 Å². The third kappa shape index (κ3) is 2.46. The van der Waals surface area contributed by atoms with Gasteiger partial charge in [0.2, 0.25) is 0 Å². The summed E-state index contributed by atoms with van der Waals surface area (Å²) >= 11 is 4.53. The van der Waals surface area contributed by atoms with Crippen molar-refractivity contribution in [2.45, 2.75) is 44.9 Å². The maximum absolute atomic E-state index is 4.53. The summed E-state index contributed by atoms with van der Waals surface area (Å²) in [7, 11) is 0. The van der Waals surface area contributed by atoms with Crippen LogP contribution in [0.2, 0.25) is 0 Å². The molecule has 0 aromatic carbocycles. The third-order valence-electron chi connectivity index (χ3n) is 4.01. The standard InChI is InChI=1S/C12H23NS/c14-11-12(6-5-7-12)10-13-8-3-1-2-4-9-13/h14H,1-11H2. The third-order valence-corrected chi connectivity index (χ3v) is 4.68. The van der Waals surface area contributed by atoms with E-state index in [-0.39, 0.29) is 0 Å². The van der Waals surface area contributed by atoms with Crippen LogP contribution in [0.1, 0.15) is 44.9 Å². The van der Waals surface area contributed by atoms with Crippen LogP contribution in [-0.4, -0.2) is 30.3 Å². The Balaban J connectivity index is 1.82. The molecule has 0 N–H and O–H groups in total. The van der Waals surface area contributed by atoms with Gasteiger partial charge in [-0.05, 0) is 49.9 Å². The van der Waals surface area contributed by atoms with Gasteiger partial charge in [0.05, 0.1) is 0 Å². The molecule has 14 heavy (non-hydrogen) atoms. The molecule has 1 saturated heterocycles. The van der Waals surface area contributed by atoms with Gasteiger partial charge in [0.15, 0.2) is 0 Å². The minimum Gasteiger partial charge on any atom is -0.303 e. The minimum absolute atomic E-state index is 0.605. The quantitative estimate of drug-likeness (QED) is 0.705. The van der Waals surface area contributed by atoms with Crippen LogP contribution >= 0.6 is 12.6 Å². The van der Waals surface area contributed by atoms with Crippen molar-refractivity contribution in [2.75, 3.05) is 25.4 Å². The Hall–Kier alpha value is 0.310. The lowest BCUT2D eigenvalue weighted by atomic mass is 9.70. The smallest absolute Gasteiger partial charge is 0.00458 e. The summed E-state index contributed by atoms with van der Waals surface area (Å²) in [4.78, 5) is 2.70. The van der Waals surface area contributed by atoms with E-state index >= 15 is 0 Å². The van der Waals surface area contributed by atoms with Crippen LogP contribution in [0.3, 0.4) is 0 Å². The van der Waals surface area contributed by atoms with Crippen molar-refractivity contribution in [3.8, 4) is 0 Å². The van der Waals surface area contributed by atoms with E-state index in [0.717, 1.165) is 5.75 Å². The normalized spacial score (nSPS) is 28.1. The van der Waals surface area contributed by atoms with E-state index < -0.39 is 0 Å². The average Bonchev–Trinajstić information content (AvgIpc) is 2.39. The zero-order valence-electron chi connectivity index (χ0n) is 9.17. The number of hydrogen-bond donors (Lipinski definition) is 1. The Kier molecular flexibility index (Phi) is 3.78. The first kappa shape index (κ1) is 10.8. The van der Waals surface area contributed by atoms with E-state index in [0.29, 0.717) is 5.41 Å². The van der Waals surface area contributed by atoms with Crippen LogP contribution in [0, 0.1) is 5.41 Å². The molecule has 82 valence electrons. The van der Waals surface area contributed by atoms with Crippen molar-refractivity contribution in [3.63, 3.8) is 0 Å². The van der Waals surface area contributed by atoms with E-state index in [4.69, 9.17) is 0 Å². The molecule has 0 amide bonds. The second kappa shape index (κ2) is 4.89. The second-order valence-electron chi connectivity index (χ2n) is 5.20. The molecule has 1 aliphatic carbocycles. The molecule has 0 bridgehead atoms. The summed E-state index contributed by atoms with van der Waals surface area (Å²) in [6.45, 7) is 4.02. The van der Waals surface area contributed by atoms with Gasteiger partial charge in [-0.15, -0.1) is 0 Å². The van der Waals surface area contributed by atoms with Crippen LogP contribution in [0.4, 0.5) is 0 Å². The van der Waals surface area contributed by atoms with Crippen molar-refractivity contribution in [1.82, 2.24) is 4.90 Å². The molecule has 0 atom stereocenters. The van der Waals surface area contributed by atoms with Crippen LogP contribution < -0.4 is 0 Å². The SMILES string of the molecule is SCC1(CN2CCCCCC2)CCC1. The topological polar surface area (TPSA) is 3.24 Å². The Bertz CT molecular complexity index is 164. The number of likely N-dealkylation sites (tertiary alicyclic amines) is 1. The van der Waals surface area contributed by atoms with Crippen molar-refractivity contribution in [3.05, 3.63) is 0 Å². The summed E-state index contributed by atoms with van der Waals surface area (Å²) in [5.41, 5.74) is 0.605. The van der Waals surface area contributed by atoms with Gasteiger partial charge in [-0.3, -0.25) is 0 Å². The lowest BCUT2D eigenvalue weighted by Crippen LogP contribution is -2.44. The molecule has 0 radical (unpaired) electrons. The maximum atomic E-state index is 4.53. The molecule has 0 aromatic rings. The van der Waals surface area contributed by atoms with Crippen LogP contribution in [0.5, 0.6) is 0 Å².